The molecular formula is C18H23N3O4. The minimum atomic E-state index is -0.675. The second-order valence-corrected chi connectivity index (χ2v) is 5.93. The second kappa shape index (κ2) is 9.22. The highest BCUT2D eigenvalue weighted by atomic mass is 16.6. The highest BCUT2D eigenvalue weighted by molar-refractivity contribution is 5.66. The van der Waals surface area contributed by atoms with E-state index in [1.54, 1.807) is 6.08 Å². The molecular weight excluding hydrogens is 322 g/mol. The lowest BCUT2D eigenvalue weighted by Crippen LogP contribution is -2.58. The summed E-state index contributed by atoms with van der Waals surface area (Å²) in [5.41, 5.74) is 9.88. The van der Waals surface area contributed by atoms with E-state index in [1.165, 1.54) is 6.92 Å². The molecule has 25 heavy (non-hydrogen) atoms. The number of hydrogen-bond donors (Lipinski definition) is 0. The predicted molar refractivity (Wildman–Crippen MR) is 92.7 cm³/mol. The average molecular weight is 345 g/mol. The molecule has 1 saturated heterocycles. The number of ether oxygens (including phenoxy) is 3. The van der Waals surface area contributed by atoms with Crippen molar-refractivity contribution in [3.05, 3.63) is 59.0 Å². The summed E-state index contributed by atoms with van der Waals surface area (Å²) >= 11 is 0. The van der Waals surface area contributed by atoms with Crippen LogP contribution >= 0.6 is 0 Å². The van der Waals surface area contributed by atoms with Crippen LogP contribution in [0.1, 0.15) is 25.8 Å². The molecule has 0 radical (unpaired) electrons. The summed E-state index contributed by atoms with van der Waals surface area (Å²) in [4.78, 5) is 14.5. The Hall–Kier alpha value is -2.34. The fourth-order valence-corrected chi connectivity index (χ4v) is 2.97. The normalized spacial score (nSPS) is 28.6. The van der Waals surface area contributed by atoms with Crippen molar-refractivity contribution in [1.82, 2.24) is 0 Å². The fraction of sp³-hybridized carbons (Fsp3) is 0.500. The minimum Gasteiger partial charge on any atom is -0.457 e. The van der Waals surface area contributed by atoms with Crippen LogP contribution in [-0.4, -0.2) is 36.4 Å². The molecule has 0 spiro atoms. The smallest absolute Gasteiger partial charge is 0.303 e. The van der Waals surface area contributed by atoms with Crippen LogP contribution in [0.25, 0.3) is 10.4 Å². The molecule has 0 aliphatic carbocycles. The van der Waals surface area contributed by atoms with Crippen molar-refractivity contribution in [3.8, 4) is 0 Å². The Morgan fingerprint density at radius 1 is 1.40 bits per heavy atom. The molecule has 7 nitrogen and oxygen atoms in total. The third kappa shape index (κ3) is 5.06. The first-order valence-electron chi connectivity index (χ1n) is 8.20. The lowest BCUT2D eigenvalue weighted by Gasteiger charge is -2.43. The third-order valence-corrected chi connectivity index (χ3v) is 4.07. The lowest BCUT2D eigenvalue weighted by atomic mass is 9.92. The van der Waals surface area contributed by atoms with Gasteiger partial charge in [-0.3, -0.25) is 4.79 Å². The van der Waals surface area contributed by atoms with E-state index in [4.69, 9.17) is 19.7 Å². The molecule has 1 aliphatic rings. The summed E-state index contributed by atoms with van der Waals surface area (Å²) in [7, 11) is 0. The molecule has 5 atom stereocenters. The van der Waals surface area contributed by atoms with Gasteiger partial charge in [0, 0.05) is 11.8 Å². The minimum absolute atomic E-state index is 0.314. The third-order valence-electron chi connectivity index (χ3n) is 4.07. The van der Waals surface area contributed by atoms with Crippen LogP contribution in [0.3, 0.4) is 0 Å². The first-order chi connectivity index (χ1) is 12.1. The maximum atomic E-state index is 11.6. The topological polar surface area (TPSA) is 93.5 Å². The second-order valence-electron chi connectivity index (χ2n) is 5.93. The molecule has 2 rings (SSSR count). The fourth-order valence-electron chi connectivity index (χ4n) is 2.97. The molecule has 1 heterocycles. The van der Waals surface area contributed by atoms with Crippen LogP contribution in [0.5, 0.6) is 0 Å². The van der Waals surface area contributed by atoms with Crippen LogP contribution < -0.4 is 0 Å². The largest absolute Gasteiger partial charge is 0.457 e. The van der Waals surface area contributed by atoms with Gasteiger partial charge >= 0.3 is 5.97 Å². The molecule has 1 fully saturated rings. The maximum Gasteiger partial charge on any atom is 0.303 e. The highest BCUT2D eigenvalue weighted by Crippen LogP contribution is 2.30. The summed E-state index contributed by atoms with van der Waals surface area (Å²) < 4.78 is 17.4. The van der Waals surface area contributed by atoms with E-state index in [2.05, 4.69) is 16.6 Å². The molecule has 1 aliphatic heterocycles. The Morgan fingerprint density at radius 3 is 2.72 bits per heavy atom. The molecule has 0 amide bonds. The van der Waals surface area contributed by atoms with Crippen LogP contribution in [0.2, 0.25) is 0 Å². The number of azide groups is 1. The van der Waals surface area contributed by atoms with Gasteiger partial charge in [-0.1, -0.05) is 41.5 Å². The van der Waals surface area contributed by atoms with Crippen molar-refractivity contribution in [2.24, 2.45) is 5.11 Å². The number of carbonyl (C=O) groups is 1. The van der Waals surface area contributed by atoms with Crippen molar-refractivity contribution in [1.29, 1.82) is 0 Å². The first-order valence-corrected chi connectivity index (χ1v) is 8.20. The Balaban J connectivity index is 2.26. The van der Waals surface area contributed by atoms with E-state index >= 15 is 0 Å². The maximum absolute atomic E-state index is 11.6. The standard InChI is InChI=1S/C18H23N3O4/c1-4-8-15-17(25-13(3)22)18(16(20-21-19)12(2)24-15)23-11-14-9-6-5-7-10-14/h4-7,9-10,12,15-18H,1,8,11H2,2-3H3/t12-,15?,16-,17-,18+/m1/s1. The predicted octanol–water partition coefficient (Wildman–Crippen LogP) is 3.55. The summed E-state index contributed by atoms with van der Waals surface area (Å²) in [6.07, 6.45) is 0.155. The zero-order valence-electron chi connectivity index (χ0n) is 14.4. The summed E-state index contributed by atoms with van der Waals surface area (Å²) in [6, 6.07) is 9.03. The number of hydrogen-bond acceptors (Lipinski definition) is 5. The van der Waals surface area contributed by atoms with Crippen molar-refractivity contribution in [3.63, 3.8) is 0 Å². The first kappa shape index (κ1) is 19.0. The van der Waals surface area contributed by atoms with Crippen LogP contribution in [-0.2, 0) is 25.6 Å². The van der Waals surface area contributed by atoms with E-state index in [0.29, 0.717) is 13.0 Å². The lowest BCUT2D eigenvalue weighted by molar-refractivity contribution is -0.209. The average Bonchev–Trinajstić information content (AvgIpc) is 2.59. The number of carbonyl (C=O) groups excluding carboxylic acids is 1. The highest BCUT2D eigenvalue weighted by Gasteiger charge is 2.46. The Kier molecular flexibility index (Phi) is 7.01. The van der Waals surface area contributed by atoms with E-state index < -0.39 is 30.3 Å². The van der Waals surface area contributed by atoms with Gasteiger partial charge in [0.25, 0.3) is 0 Å². The SMILES string of the molecule is C=CCC1O[C@H](C)[C@@H](N=[N+]=[N-])[C@H](OCc2ccccc2)[C@@H]1OC(C)=O. The molecule has 0 saturated carbocycles. The number of benzene rings is 1. The number of esters is 1. The van der Waals surface area contributed by atoms with Crippen LogP contribution in [0.4, 0.5) is 0 Å². The van der Waals surface area contributed by atoms with Gasteiger partial charge in [0.15, 0.2) is 6.10 Å². The molecule has 1 aromatic carbocycles. The van der Waals surface area contributed by atoms with E-state index in [-0.39, 0.29) is 6.10 Å². The molecule has 134 valence electrons. The Morgan fingerprint density at radius 2 is 2.12 bits per heavy atom. The van der Waals surface area contributed by atoms with Gasteiger partial charge in [0.2, 0.25) is 0 Å². The van der Waals surface area contributed by atoms with Gasteiger partial charge in [-0.25, -0.2) is 0 Å². The monoisotopic (exact) mass is 345 g/mol. The van der Waals surface area contributed by atoms with E-state index in [1.807, 2.05) is 37.3 Å². The molecule has 0 N–H and O–H groups in total. The molecule has 1 unspecified atom stereocenters. The van der Waals surface area contributed by atoms with Gasteiger partial charge < -0.3 is 14.2 Å². The van der Waals surface area contributed by atoms with Gasteiger partial charge in [-0.05, 0) is 24.4 Å². The zero-order valence-corrected chi connectivity index (χ0v) is 14.4. The van der Waals surface area contributed by atoms with Crippen molar-refractivity contribution < 1.29 is 19.0 Å². The Bertz CT molecular complexity index is 630. The summed E-state index contributed by atoms with van der Waals surface area (Å²) in [5.74, 6) is -0.440. The molecule has 1 aromatic rings. The van der Waals surface area contributed by atoms with E-state index in [0.717, 1.165) is 5.56 Å². The summed E-state index contributed by atoms with van der Waals surface area (Å²) in [6.45, 7) is 7.19. The molecule has 0 aromatic heterocycles. The quantitative estimate of drug-likeness (QED) is 0.248. The van der Waals surface area contributed by atoms with Gasteiger partial charge in [0.05, 0.1) is 18.8 Å². The van der Waals surface area contributed by atoms with Gasteiger partial charge in [0.1, 0.15) is 12.2 Å². The number of rotatable bonds is 7. The van der Waals surface area contributed by atoms with Crippen molar-refractivity contribution >= 4 is 5.97 Å². The zero-order chi connectivity index (χ0) is 18.2. The van der Waals surface area contributed by atoms with Crippen LogP contribution in [0.15, 0.2) is 48.1 Å². The van der Waals surface area contributed by atoms with Crippen molar-refractivity contribution in [2.45, 2.75) is 57.3 Å². The van der Waals surface area contributed by atoms with Gasteiger partial charge in [-0.15, -0.1) is 6.58 Å². The Labute approximate surface area is 147 Å². The van der Waals surface area contributed by atoms with Crippen LogP contribution in [0, 0.1) is 0 Å². The molecule has 7 heteroatoms. The van der Waals surface area contributed by atoms with Crippen molar-refractivity contribution in [2.75, 3.05) is 0 Å². The van der Waals surface area contributed by atoms with Gasteiger partial charge in [-0.2, -0.15) is 0 Å². The molecule has 0 bridgehead atoms. The number of nitrogens with zero attached hydrogens (tertiary/aromatic N) is 3. The van der Waals surface area contributed by atoms with E-state index in [9.17, 15) is 4.79 Å². The summed E-state index contributed by atoms with van der Waals surface area (Å²) in [5, 5.41) is 3.82.